The number of carbonyl (C=O) groups is 1. The van der Waals surface area contributed by atoms with Gasteiger partial charge in [0.1, 0.15) is 6.04 Å². The molecule has 2 aliphatic heterocycles. The van der Waals surface area contributed by atoms with Crippen LogP contribution < -0.4 is 0 Å². The molecule has 1 N–H and O–H groups in total. The molecule has 4 heteroatoms. The van der Waals surface area contributed by atoms with Crippen molar-refractivity contribution in [1.82, 2.24) is 4.90 Å². The van der Waals surface area contributed by atoms with Gasteiger partial charge in [0.2, 0.25) is 0 Å². The Morgan fingerprint density at radius 3 is 3.00 bits per heavy atom. The molecule has 0 radical (unpaired) electrons. The molecular weight excluding hydrogens is 182 g/mol. The van der Waals surface area contributed by atoms with Crippen molar-refractivity contribution in [2.45, 2.75) is 25.3 Å². The summed E-state index contributed by atoms with van der Waals surface area (Å²) in [5, 5.41) is 8.98. The summed E-state index contributed by atoms with van der Waals surface area (Å²) in [6.07, 6.45) is 2.91. The third-order valence-corrected chi connectivity index (χ3v) is 3.17. The fourth-order valence-electron chi connectivity index (χ4n) is 2.38. The van der Waals surface area contributed by atoms with Crippen LogP contribution in [0.25, 0.3) is 0 Å². The lowest BCUT2D eigenvalue weighted by atomic mass is 10.1. The third kappa shape index (κ3) is 2.07. The minimum absolute atomic E-state index is 0.240. The second-order valence-electron chi connectivity index (χ2n) is 4.22. The zero-order valence-corrected chi connectivity index (χ0v) is 8.32. The van der Waals surface area contributed by atoms with Crippen LogP contribution in [0, 0.1) is 5.92 Å². The highest BCUT2D eigenvalue weighted by Gasteiger charge is 2.32. The van der Waals surface area contributed by atoms with E-state index in [-0.39, 0.29) is 6.04 Å². The Kier molecular flexibility index (Phi) is 3.03. The summed E-state index contributed by atoms with van der Waals surface area (Å²) in [5.41, 5.74) is 0. The fraction of sp³-hybridized carbons (Fsp3) is 0.900. The van der Waals surface area contributed by atoms with E-state index >= 15 is 0 Å². The first-order chi connectivity index (χ1) is 6.77. The van der Waals surface area contributed by atoms with Crippen molar-refractivity contribution in [3.63, 3.8) is 0 Å². The Morgan fingerprint density at radius 2 is 2.36 bits per heavy atom. The topological polar surface area (TPSA) is 49.8 Å². The van der Waals surface area contributed by atoms with Crippen LogP contribution in [-0.2, 0) is 9.53 Å². The van der Waals surface area contributed by atoms with E-state index in [0.29, 0.717) is 5.92 Å². The van der Waals surface area contributed by atoms with Crippen LogP contribution in [0.2, 0.25) is 0 Å². The van der Waals surface area contributed by atoms with Gasteiger partial charge in [-0.15, -0.1) is 0 Å². The number of rotatable bonds is 3. The number of hydrogen-bond acceptors (Lipinski definition) is 3. The van der Waals surface area contributed by atoms with Crippen molar-refractivity contribution in [3.05, 3.63) is 0 Å². The summed E-state index contributed by atoms with van der Waals surface area (Å²) in [7, 11) is 0. The quantitative estimate of drug-likeness (QED) is 0.722. The lowest BCUT2D eigenvalue weighted by Gasteiger charge is -2.23. The molecule has 0 bridgehead atoms. The minimum Gasteiger partial charge on any atom is -0.480 e. The molecule has 2 atom stereocenters. The standard InChI is InChI=1S/C10H17NO3/c12-10(13)9-2-1-4-11(9)6-8-3-5-14-7-8/h8-9H,1-7H2,(H,12,13)/t8?,9-/m0/s1. The van der Waals surface area contributed by atoms with Gasteiger partial charge in [-0.25, -0.2) is 0 Å². The summed E-state index contributed by atoms with van der Waals surface area (Å²) in [6, 6.07) is -0.240. The third-order valence-electron chi connectivity index (χ3n) is 3.17. The number of carboxylic acid groups (broad SMARTS) is 1. The summed E-state index contributed by atoms with van der Waals surface area (Å²) in [5.74, 6) is -0.114. The predicted octanol–water partition coefficient (Wildman–Crippen LogP) is 0.572. The Balaban J connectivity index is 1.86. The molecule has 2 saturated heterocycles. The van der Waals surface area contributed by atoms with E-state index in [9.17, 15) is 4.79 Å². The number of aliphatic carboxylic acids is 1. The van der Waals surface area contributed by atoms with Gasteiger partial charge in [0.15, 0.2) is 0 Å². The Morgan fingerprint density at radius 1 is 1.50 bits per heavy atom. The molecule has 2 heterocycles. The van der Waals surface area contributed by atoms with Crippen LogP contribution in [-0.4, -0.2) is 48.3 Å². The van der Waals surface area contributed by atoms with Crippen molar-refractivity contribution in [2.75, 3.05) is 26.3 Å². The lowest BCUT2D eigenvalue weighted by molar-refractivity contribution is -0.142. The average molecular weight is 199 g/mol. The fourth-order valence-corrected chi connectivity index (χ4v) is 2.38. The highest BCUT2D eigenvalue weighted by molar-refractivity contribution is 5.73. The lowest BCUT2D eigenvalue weighted by Crippen LogP contribution is -2.39. The molecule has 0 amide bonds. The molecule has 2 fully saturated rings. The first-order valence-corrected chi connectivity index (χ1v) is 5.32. The zero-order chi connectivity index (χ0) is 9.97. The zero-order valence-electron chi connectivity index (χ0n) is 8.32. The average Bonchev–Trinajstić information content (AvgIpc) is 2.75. The molecule has 0 aliphatic carbocycles. The summed E-state index contributed by atoms with van der Waals surface area (Å²) in [4.78, 5) is 13.0. The highest BCUT2D eigenvalue weighted by Crippen LogP contribution is 2.22. The van der Waals surface area contributed by atoms with Crippen LogP contribution >= 0.6 is 0 Å². The van der Waals surface area contributed by atoms with Crippen LogP contribution in [0.4, 0.5) is 0 Å². The van der Waals surface area contributed by atoms with Gasteiger partial charge < -0.3 is 9.84 Å². The van der Waals surface area contributed by atoms with Gasteiger partial charge >= 0.3 is 5.97 Å². The van der Waals surface area contributed by atoms with Gasteiger partial charge in [0.05, 0.1) is 6.61 Å². The number of ether oxygens (including phenoxy) is 1. The molecule has 0 aromatic carbocycles. The molecule has 2 rings (SSSR count). The minimum atomic E-state index is -0.665. The van der Waals surface area contributed by atoms with Gasteiger partial charge in [-0.1, -0.05) is 0 Å². The molecule has 80 valence electrons. The van der Waals surface area contributed by atoms with E-state index in [4.69, 9.17) is 9.84 Å². The van der Waals surface area contributed by atoms with Crippen molar-refractivity contribution in [1.29, 1.82) is 0 Å². The van der Waals surface area contributed by atoms with Crippen molar-refractivity contribution in [3.8, 4) is 0 Å². The van der Waals surface area contributed by atoms with Crippen molar-refractivity contribution in [2.24, 2.45) is 5.92 Å². The molecule has 0 aromatic rings. The Hall–Kier alpha value is -0.610. The van der Waals surface area contributed by atoms with Gasteiger partial charge in [-0.05, 0) is 31.7 Å². The van der Waals surface area contributed by atoms with Crippen molar-refractivity contribution >= 4 is 5.97 Å². The van der Waals surface area contributed by atoms with Crippen molar-refractivity contribution < 1.29 is 14.6 Å². The van der Waals surface area contributed by atoms with Crippen LogP contribution in [0.5, 0.6) is 0 Å². The van der Waals surface area contributed by atoms with E-state index in [1.54, 1.807) is 0 Å². The van der Waals surface area contributed by atoms with Gasteiger partial charge in [-0.3, -0.25) is 9.69 Å². The maximum absolute atomic E-state index is 10.9. The molecule has 1 unspecified atom stereocenters. The van der Waals surface area contributed by atoms with Crippen LogP contribution in [0.3, 0.4) is 0 Å². The van der Waals surface area contributed by atoms with Crippen LogP contribution in [0.15, 0.2) is 0 Å². The molecule has 14 heavy (non-hydrogen) atoms. The maximum atomic E-state index is 10.9. The van der Waals surface area contributed by atoms with E-state index in [2.05, 4.69) is 4.90 Å². The van der Waals surface area contributed by atoms with E-state index in [0.717, 1.165) is 45.6 Å². The summed E-state index contributed by atoms with van der Waals surface area (Å²) >= 11 is 0. The molecule has 0 aromatic heterocycles. The summed E-state index contributed by atoms with van der Waals surface area (Å²) < 4.78 is 5.29. The van der Waals surface area contributed by atoms with Gasteiger partial charge in [0, 0.05) is 13.2 Å². The predicted molar refractivity (Wildman–Crippen MR) is 51.2 cm³/mol. The Labute approximate surface area is 83.8 Å². The van der Waals surface area contributed by atoms with E-state index in [1.807, 2.05) is 0 Å². The Bertz CT molecular complexity index is 213. The molecule has 2 aliphatic rings. The van der Waals surface area contributed by atoms with E-state index < -0.39 is 5.97 Å². The van der Waals surface area contributed by atoms with Crippen LogP contribution in [0.1, 0.15) is 19.3 Å². The molecular formula is C10H17NO3. The first-order valence-electron chi connectivity index (χ1n) is 5.32. The number of hydrogen-bond donors (Lipinski definition) is 1. The van der Waals surface area contributed by atoms with Gasteiger partial charge in [0.25, 0.3) is 0 Å². The monoisotopic (exact) mass is 199 g/mol. The first kappa shape index (κ1) is 9.93. The maximum Gasteiger partial charge on any atom is 0.320 e. The van der Waals surface area contributed by atoms with Gasteiger partial charge in [-0.2, -0.15) is 0 Å². The molecule has 0 saturated carbocycles. The molecule has 0 spiro atoms. The van der Waals surface area contributed by atoms with E-state index in [1.165, 1.54) is 0 Å². The summed E-state index contributed by atoms with van der Waals surface area (Å²) in [6.45, 7) is 3.49. The normalized spacial score (nSPS) is 33.7. The number of likely N-dealkylation sites (tertiary alicyclic amines) is 1. The number of nitrogens with zero attached hydrogens (tertiary/aromatic N) is 1. The second kappa shape index (κ2) is 4.28. The number of carboxylic acids is 1. The highest BCUT2D eigenvalue weighted by atomic mass is 16.5. The second-order valence-corrected chi connectivity index (χ2v) is 4.22. The SMILES string of the molecule is O=C(O)[C@@H]1CCCN1CC1CCOC1. The smallest absolute Gasteiger partial charge is 0.320 e. The largest absolute Gasteiger partial charge is 0.480 e. The molecule has 4 nitrogen and oxygen atoms in total.